The molecule has 29 heavy (non-hydrogen) atoms. The summed E-state index contributed by atoms with van der Waals surface area (Å²) in [7, 11) is 0. The molecule has 0 saturated carbocycles. The smallest absolute Gasteiger partial charge is 0.317 e. The summed E-state index contributed by atoms with van der Waals surface area (Å²) in [6, 6.07) is 8.37. The molecular formula is C22H39N3O4. The van der Waals surface area contributed by atoms with Crippen LogP contribution in [-0.4, -0.2) is 89.2 Å². The van der Waals surface area contributed by atoms with E-state index in [4.69, 9.17) is 10.2 Å². The van der Waals surface area contributed by atoms with Gasteiger partial charge in [0, 0.05) is 45.8 Å². The molecule has 0 unspecified atom stereocenters. The van der Waals surface area contributed by atoms with Crippen molar-refractivity contribution >= 4 is 11.9 Å². The third kappa shape index (κ3) is 12.3. The van der Waals surface area contributed by atoms with Crippen molar-refractivity contribution in [1.82, 2.24) is 14.7 Å². The van der Waals surface area contributed by atoms with E-state index in [0.29, 0.717) is 26.2 Å². The van der Waals surface area contributed by atoms with Crippen molar-refractivity contribution in [1.29, 1.82) is 0 Å². The molecule has 1 heterocycles. The summed E-state index contributed by atoms with van der Waals surface area (Å²) in [4.78, 5) is 28.1. The van der Waals surface area contributed by atoms with Gasteiger partial charge >= 0.3 is 11.9 Å². The van der Waals surface area contributed by atoms with Crippen molar-refractivity contribution in [3.05, 3.63) is 35.4 Å². The van der Waals surface area contributed by atoms with Gasteiger partial charge in [-0.15, -0.1) is 0 Å². The monoisotopic (exact) mass is 409 g/mol. The van der Waals surface area contributed by atoms with E-state index < -0.39 is 11.9 Å². The lowest BCUT2D eigenvalue weighted by Crippen LogP contribution is -2.40. The molecule has 1 saturated heterocycles. The maximum Gasteiger partial charge on any atom is 0.317 e. The van der Waals surface area contributed by atoms with E-state index in [-0.39, 0.29) is 13.1 Å². The van der Waals surface area contributed by atoms with Crippen molar-refractivity contribution < 1.29 is 19.8 Å². The minimum Gasteiger partial charge on any atom is -0.480 e. The van der Waals surface area contributed by atoms with Crippen molar-refractivity contribution in [3.8, 4) is 0 Å². The number of benzene rings is 1. The van der Waals surface area contributed by atoms with Gasteiger partial charge in [0.1, 0.15) is 0 Å². The summed E-state index contributed by atoms with van der Waals surface area (Å²) < 4.78 is 0. The van der Waals surface area contributed by atoms with Crippen molar-refractivity contribution in [3.63, 3.8) is 0 Å². The van der Waals surface area contributed by atoms with E-state index in [9.17, 15) is 9.59 Å². The van der Waals surface area contributed by atoms with Gasteiger partial charge in [-0.25, -0.2) is 0 Å². The van der Waals surface area contributed by atoms with Crippen molar-refractivity contribution in [2.24, 2.45) is 0 Å². The highest BCUT2D eigenvalue weighted by molar-refractivity contribution is 5.69. The van der Waals surface area contributed by atoms with Gasteiger partial charge < -0.3 is 10.2 Å². The first-order chi connectivity index (χ1) is 13.9. The molecule has 1 aromatic carbocycles. The Balaban J connectivity index is 0.00000184. The van der Waals surface area contributed by atoms with Gasteiger partial charge in [0.25, 0.3) is 0 Å². The van der Waals surface area contributed by atoms with E-state index in [2.05, 4.69) is 36.1 Å². The first kappa shape index (κ1) is 27.0. The standard InChI is InChI=1S/C18H27N3O4.2C2H6/c1-15-2-4-16(5-3-15)12-19-6-8-20(13-17(22)23)10-11-21(9-7-19)14-18(24)25;2*1-2/h2-5H,6-14H2,1H3,(H,22,23)(H,24,25);2*1-2H3. The maximum atomic E-state index is 11.1. The predicted molar refractivity (Wildman–Crippen MR) is 117 cm³/mol. The lowest BCUT2D eigenvalue weighted by molar-refractivity contribution is -0.140. The van der Waals surface area contributed by atoms with Crippen LogP contribution in [0.2, 0.25) is 0 Å². The molecule has 166 valence electrons. The highest BCUT2D eigenvalue weighted by atomic mass is 16.4. The molecule has 0 aromatic heterocycles. The molecule has 0 aliphatic carbocycles. The van der Waals surface area contributed by atoms with Crippen LogP contribution >= 0.6 is 0 Å². The largest absolute Gasteiger partial charge is 0.480 e. The average molecular weight is 410 g/mol. The summed E-state index contributed by atoms with van der Waals surface area (Å²) in [5.74, 6) is -1.71. The Morgan fingerprint density at radius 2 is 1.07 bits per heavy atom. The summed E-state index contributed by atoms with van der Waals surface area (Å²) >= 11 is 0. The SMILES string of the molecule is CC.CC.Cc1ccc(CN2CCN(CC(=O)O)CCN(CC(=O)O)CC2)cc1. The van der Waals surface area contributed by atoms with Crippen LogP contribution in [0, 0.1) is 6.92 Å². The normalized spacial score (nSPS) is 16.2. The molecule has 0 atom stereocenters. The number of carboxylic acid groups (broad SMARTS) is 2. The molecule has 2 N–H and O–H groups in total. The molecule has 1 aliphatic rings. The highest BCUT2D eigenvalue weighted by Gasteiger charge is 2.19. The highest BCUT2D eigenvalue weighted by Crippen LogP contribution is 2.09. The van der Waals surface area contributed by atoms with Crippen LogP contribution in [0.15, 0.2) is 24.3 Å². The average Bonchev–Trinajstić information content (AvgIpc) is 2.78. The number of rotatable bonds is 6. The Morgan fingerprint density at radius 3 is 1.41 bits per heavy atom. The van der Waals surface area contributed by atoms with E-state index in [0.717, 1.165) is 19.6 Å². The summed E-state index contributed by atoms with van der Waals surface area (Å²) in [5, 5.41) is 18.1. The zero-order valence-corrected chi connectivity index (χ0v) is 18.7. The molecule has 0 amide bonds. The number of carbonyl (C=O) groups is 2. The fourth-order valence-electron chi connectivity index (χ4n) is 2.99. The van der Waals surface area contributed by atoms with E-state index >= 15 is 0 Å². The Bertz CT molecular complexity index is 550. The van der Waals surface area contributed by atoms with E-state index in [1.54, 1.807) is 0 Å². The molecule has 7 nitrogen and oxygen atoms in total. The maximum absolute atomic E-state index is 11.1. The minimum atomic E-state index is -0.853. The van der Waals surface area contributed by atoms with Crippen LogP contribution in [0.4, 0.5) is 0 Å². The van der Waals surface area contributed by atoms with Gasteiger partial charge in [-0.2, -0.15) is 0 Å². The van der Waals surface area contributed by atoms with E-state index in [1.807, 2.05) is 37.5 Å². The minimum absolute atomic E-state index is 0.0146. The van der Waals surface area contributed by atoms with Gasteiger partial charge in [-0.1, -0.05) is 57.5 Å². The summed E-state index contributed by atoms with van der Waals surface area (Å²) in [5.41, 5.74) is 2.42. The van der Waals surface area contributed by atoms with Crippen LogP contribution in [-0.2, 0) is 16.1 Å². The quantitative estimate of drug-likeness (QED) is 0.747. The zero-order chi connectivity index (χ0) is 22.2. The number of nitrogens with zero attached hydrogens (tertiary/aromatic N) is 3. The zero-order valence-electron chi connectivity index (χ0n) is 18.7. The number of carboxylic acids is 2. The van der Waals surface area contributed by atoms with Crippen LogP contribution in [0.1, 0.15) is 38.8 Å². The Labute approximate surface area is 175 Å². The van der Waals surface area contributed by atoms with Gasteiger partial charge in [0.05, 0.1) is 13.1 Å². The summed E-state index contributed by atoms with van der Waals surface area (Å²) in [6.45, 7) is 14.8. The van der Waals surface area contributed by atoms with Gasteiger partial charge in [0.2, 0.25) is 0 Å². The molecule has 0 spiro atoms. The Hall–Kier alpha value is -1.96. The second-order valence-corrected chi connectivity index (χ2v) is 6.60. The van der Waals surface area contributed by atoms with Gasteiger partial charge in [-0.05, 0) is 12.5 Å². The summed E-state index contributed by atoms with van der Waals surface area (Å²) in [6.07, 6.45) is 0. The van der Waals surface area contributed by atoms with E-state index in [1.165, 1.54) is 11.1 Å². The number of aryl methyl sites for hydroxylation is 1. The number of aliphatic carboxylic acids is 2. The van der Waals surface area contributed by atoms with Crippen LogP contribution in [0.3, 0.4) is 0 Å². The first-order valence-electron chi connectivity index (χ1n) is 10.6. The Morgan fingerprint density at radius 1 is 0.724 bits per heavy atom. The second kappa shape index (κ2) is 15.9. The molecule has 1 fully saturated rings. The topological polar surface area (TPSA) is 84.3 Å². The molecule has 1 aromatic rings. The second-order valence-electron chi connectivity index (χ2n) is 6.60. The van der Waals surface area contributed by atoms with Crippen molar-refractivity contribution in [2.75, 3.05) is 52.4 Å². The molecule has 2 rings (SSSR count). The third-order valence-corrected chi connectivity index (χ3v) is 4.44. The third-order valence-electron chi connectivity index (χ3n) is 4.44. The van der Waals surface area contributed by atoms with Crippen LogP contribution < -0.4 is 0 Å². The first-order valence-corrected chi connectivity index (χ1v) is 10.6. The molecule has 1 aliphatic heterocycles. The number of hydrogen-bond acceptors (Lipinski definition) is 5. The van der Waals surface area contributed by atoms with Gasteiger partial charge in [0.15, 0.2) is 0 Å². The van der Waals surface area contributed by atoms with Gasteiger partial charge in [-0.3, -0.25) is 24.3 Å². The lowest BCUT2D eigenvalue weighted by Gasteiger charge is -2.25. The molecule has 0 bridgehead atoms. The molecule has 0 radical (unpaired) electrons. The molecular weight excluding hydrogens is 370 g/mol. The van der Waals surface area contributed by atoms with Crippen LogP contribution in [0.25, 0.3) is 0 Å². The Kier molecular flexibility index (Phi) is 14.8. The molecule has 7 heteroatoms. The van der Waals surface area contributed by atoms with Crippen molar-refractivity contribution in [2.45, 2.75) is 41.2 Å². The lowest BCUT2D eigenvalue weighted by atomic mass is 10.1. The fraction of sp³-hybridized carbons (Fsp3) is 0.636. The number of hydrogen-bond donors (Lipinski definition) is 2. The van der Waals surface area contributed by atoms with Crippen LogP contribution in [0.5, 0.6) is 0 Å². The predicted octanol–water partition coefficient (Wildman–Crippen LogP) is 2.64. The fourth-order valence-corrected chi connectivity index (χ4v) is 2.99.